The minimum absolute atomic E-state index is 0.109. The first kappa shape index (κ1) is 25.2. The third-order valence-corrected chi connectivity index (χ3v) is 8.38. The number of anilines is 2. The molecular weight excluding hydrogens is 493 g/mol. The zero-order chi connectivity index (χ0) is 25.4. The number of hydrogen-bond donors (Lipinski definition) is 3. The van der Waals surface area contributed by atoms with Gasteiger partial charge in [0.2, 0.25) is 0 Å². The van der Waals surface area contributed by atoms with Crippen molar-refractivity contribution in [2.75, 3.05) is 29.9 Å². The van der Waals surface area contributed by atoms with Crippen molar-refractivity contribution < 1.29 is 22.7 Å². The summed E-state index contributed by atoms with van der Waals surface area (Å²) in [5.41, 5.74) is 5.28. The number of nitrogens with two attached hydrogens (primary N) is 1. The zero-order valence-corrected chi connectivity index (χ0v) is 20.9. The van der Waals surface area contributed by atoms with E-state index in [9.17, 15) is 22.7 Å². The molecule has 0 saturated carbocycles. The number of thiophene rings is 1. The fraction of sp³-hybridized carbons (Fsp3) is 0.348. The Balaban J connectivity index is 1.56. The molecule has 0 aliphatic carbocycles. The SMILES string of the molecule is CC(C)(O)c1ccc(-c2cc(C(N)=O)c(Nc3ccnc(CN4CCS(=O)(=O)CC4)n3)s2)c(F)c1. The van der Waals surface area contributed by atoms with Gasteiger partial charge in [0.25, 0.3) is 5.91 Å². The van der Waals surface area contributed by atoms with Gasteiger partial charge in [-0.3, -0.25) is 9.69 Å². The van der Waals surface area contributed by atoms with Crippen molar-refractivity contribution in [1.82, 2.24) is 14.9 Å². The molecule has 1 fully saturated rings. The smallest absolute Gasteiger partial charge is 0.251 e. The Morgan fingerprint density at radius 3 is 2.60 bits per heavy atom. The highest BCUT2D eigenvalue weighted by atomic mass is 32.2. The predicted octanol–water partition coefficient (Wildman–Crippen LogP) is 2.64. The largest absolute Gasteiger partial charge is 0.386 e. The number of aromatic nitrogens is 2. The van der Waals surface area contributed by atoms with E-state index in [0.717, 1.165) is 11.3 Å². The standard InChI is InChI=1S/C23H26FN5O4S2/c1-23(2,31)14-3-4-15(17(24)11-14)18-12-16(21(25)30)22(34-18)28-19-5-6-26-20(27-19)13-29-7-9-35(32,33)10-8-29/h3-6,11-12,31H,7-10,13H2,1-2H3,(H2,25,30)(H,26,27,28). The lowest BCUT2D eigenvalue weighted by Crippen LogP contribution is -2.40. The summed E-state index contributed by atoms with van der Waals surface area (Å²) in [7, 11) is -2.98. The van der Waals surface area contributed by atoms with Crippen LogP contribution in [0.1, 0.15) is 35.6 Å². The molecule has 9 nitrogen and oxygen atoms in total. The number of rotatable bonds is 7. The lowest BCUT2D eigenvalue weighted by molar-refractivity contribution is 0.0782. The maximum absolute atomic E-state index is 14.9. The van der Waals surface area contributed by atoms with Crippen molar-refractivity contribution in [2.45, 2.75) is 26.0 Å². The van der Waals surface area contributed by atoms with Crippen molar-refractivity contribution in [3.8, 4) is 10.4 Å². The highest BCUT2D eigenvalue weighted by Gasteiger charge is 2.23. The molecule has 186 valence electrons. The van der Waals surface area contributed by atoms with Gasteiger partial charge in [0.05, 0.1) is 29.2 Å². The molecule has 0 unspecified atom stereocenters. The van der Waals surface area contributed by atoms with Crippen LogP contribution in [-0.4, -0.2) is 58.9 Å². The summed E-state index contributed by atoms with van der Waals surface area (Å²) in [5, 5.41) is 13.6. The number of primary amides is 1. The molecule has 0 bridgehead atoms. The molecule has 12 heteroatoms. The molecule has 1 saturated heterocycles. The van der Waals surface area contributed by atoms with E-state index in [-0.39, 0.29) is 22.6 Å². The van der Waals surface area contributed by atoms with E-state index in [4.69, 9.17) is 5.73 Å². The lowest BCUT2D eigenvalue weighted by atomic mass is 9.96. The second kappa shape index (κ2) is 9.61. The van der Waals surface area contributed by atoms with Crippen LogP contribution in [0.2, 0.25) is 0 Å². The molecule has 0 atom stereocenters. The number of halogens is 1. The van der Waals surface area contributed by atoms with Gasteiger partial charge < -0.3 is 16.2 Å². The molecule has 1 amide bonds. The van der Waals surface area contributed by atoms with E-state index in [0.29, 0.717) is 46.7 Å². The normalized spacial score (nSPS) is 16.2. The first-order valence-electron chi connectivity index (χ1n) is 10.9. The van der Waals surface area contributed by atoms with Crippen LogP contribution in [0.5, 0.6) is 0 Å². The van der Waals surface area contributed by atoms with Crippen LogP contribution in [-0.2, 0) is 22.0 Å². The number of carbonyl (C=O) groups excluding carboxylic acids is 1. The van der Waals surface area contributed by atoms with Gasteiger partial charge in [0, 0.05) is 29.7 Å². The molecule has 0 radical (unpaired) electrons. The van der Waals surface area contributed by atoms with Gasteiger partial charge in [-0.2, -0.15) is 0 Å². The number of nitrogens with one attached hydrogen (secondary N) is 1. The molecule has 1 aromatic carbocycles. The molecule has 1 aliphatic heterocycles. The van der Waals surface area contributed by atoms with Crippen molar-refractivity contribution in [3.05, 3.63) is 59.3 Å². The summed E-state index contributed by atoms with van der Waals surface area (Å²) in [5.74, 6) is -0.0573. The van der Waals surface area contributed by atoms with Gasteiger partial charge in [-0.05, 0) is 37.6 Å². The summed E-state index contributed by atoms with van der Waals surface area (Å²) in [4.78, 5) is 23.3. The van der Waals surface area contributed by atoms with Gasteiger partial charge in [-0.1, -0.05) is 12.1 Å². The highest BCUT2D eigenvalue weighted by Crippen LogP contribution is 2.38. The summed E-state index contributed by atoms with van der Waals surface area (Å²) in [6, 6.07) is 7.62. The Kier molecular flexibility index (Phi) is 6.91. The number of amides is 1. The van der Waals surface area contributed by atoms with E-state index < -0.39 is 27.2 Å². The number of benzene rings is 1. The molecule has 35 heavy (non-hydrogen) atoms. The minimum atomic E-state index is -2.98. The Morgan fingerprint density at radius 1 is 1.26 bits per heavy atom. The number of aliphatic hydroxyl groups is 1. The summed E-state index contributed by atoms with van der Waals surface area (Å²) >= 11 is 1.15. The fourth-order valence-electron chi connectivity index (χ4n) is 3.66. The van der Waals surface area contributed by atoms with Crippen molar-refractivity contribution in [2.24, 2.45) is 5.73 Å². The molecule has 1 aliphatic rings. The first-order valence-corrected chi connectivity index (χ1v) is 13.5. The number of carbonyl (C=O) groups is 1. The predicted molar refractivity (Wildman–Crippen MR) is 133 cm³/mol. The molecule has 3 heterocycles. The molecule has 4 rings (SSSR count). The van der Waals surface area contributed by atoms with Crippen LogP contribution >= 0.6 is 11.3 Å². The van der Waals surface area contributed by atoms with E-state index in [1.807, 2.05) is 4.90 Å². The van der Waals surface area contributed by atoms with Crippen molar-refractivity contribution in [1.29, 1.82) is 0 Å². The van der Waals surface area contributed by atoms with Crippen LogP contribution < -0.4 is 11.1 Å². The van der Waals surface area contributed by atoms with Crippen LogP contribution in [0, 0.1) is 5.82 Å². The molecule has 0 spiro atoms. The zero-order valence-electron chi connectivity index (χ0n) is 19.3. The molecular formula is C23H26FN5O4S2. The third-order valence-electron chi connectivity index (χ3n) is 5.69. The van der Waals surface area contributed by atoms with E-state index in [1.165, 1.54) is 12.1 Å². The van der Waals surface area contributed by atoms with Gasteiger partial charge >= 0.3 is 0 Å². The van der Waals surface area contributed by atoms with Crippen LogP contribution in [0.4, 0.5) is 15.2 Å². The van der Waals surface area contributed by atoms with Crippen molar-refractivity contribution >= 4 is 37.9 Å². The Morgan fingerprint density at radius 2 is 1.97 bits per heavy atom. The molecule has 4 N–H and O–H groups in total. The Labute approximate surface area is 206 Å². The fourth-order valence-corrected chi connectivity index (χ4v) is 6.04. The highest BCUT2D eigenvalue weighted by molar-refractivity contribution is 7.91. The summed E-state index contributed by atoms with van der Waals surface area (Å²) < 4.78 is 38.1. The summed E-state index contributed by atoms with van der Waals surface area (Å²) in [6.07, 6.45) is 1.57. The average molecular weight is 520 g/mol. The average Bonchev–Trinajstić information content (AvgIpc) is 3.18. The van der Waals surface area contributed by atoms with Crippen LogP contribution in [0.3, 0.4) is 0 Å². The first-order chi connectivity index (χ1) is 16.4. The topological polar surface area (TPSA) is 139 Å². The maximum atomic E-state index is 14.9. The molecule has 3 aromatic rings. The van der Waals surface area contributed by atoms with E-state index in [1.54, 1.807) is 38.2 Å². The molecule has 2 aromatic heterocycles. The van der Waals surface area contributed by atoms with Crippen LogP contribution in [0.15, 0.2) is 36.5 Å². The van der Waals surface area contributed by atoms with Gasteiger partial charge in [-0.15, -0.1) is 11.3 Å². The van der Waals surface area contributed by atoms with E-state index in [2.05, 4.69) is 15.3 Å². The second-order valence-electron chi connectivity index (χ2n) is 8.88. The third kappa shape index (κ3) is 6.01. The maximum Gasteiger partial charge on any atom is 0.251 e. The Hall–Kier alpha value is -2.93. The number of sulfone groups is 1. The van der Waals surface area contributed by atoms with E-state index >= 15 is 0 Å². The second-order valence-corrected chi connectivity index (χ2v) is 12.2. The van der Waals surface area contributed by atoms with Crippen LogP contribution in [0.25, 0.3) is 10.4 Å². The number of hydrogen-bond acceptors (Lipinski definition) is 9. The summed E-state index contributed by atoms with van der Waals surface area (Å²) in [6.45, 7) is 4.37. The quantitative estimate of drug-likeness (QED) is 0.433. The van der Waals surface area contributed by atoms with Crippen molar-refractivity contribution in [3.63, 3.8) is 0 Å². The minimum Gasteiger partial charge on any atom is -0.386 e. The Bertz CT molecular complexity index is 1350. The monoisotopic (exact) mass is 519 g/mol. The van der Waals surface area contributed by atoms with Gasteiger partial charge in [-0.25, -0.2) is 22.8 Å². The lowest BCUT2D eigenvalue weighted by Gasteiger charge is -2.25. The number of nitrogens with zero attached hydrogens (tertiary/aromatic N) is 3. The van der Waals surface area contributed by atoms with Gasteiger partial charge in [0.15, 0.2) is 9.84 Å². The van der Waals surface area contributed by atoms with Gasteiger partial charge in [0.1, 0.15) is 22.5 Å².